The number of nitrogen functional groups attached to an aromatic ring is 1. The second kappa shape index (κ2) is 4.97. The molecule has 0 bridgehead atoms. The lowest BCUT2D eigenvalue weighted by Gasteiger charge is -2.14. The quantitative estimate of drug-likeness (QED) is 0.883. The summed E-state index contributed by atoms with van der Waals surface area (Å²) < 4.78 is 0. The fourth-order valence-electron chi connectivity index (χ4n) is 1.43. The summed E-state index contributed by atoms with van der Waals surface area (Å²) in [7, 11) is 0. The van der Waals surface area contributed by atoms with Crippen molar-refractivity contribution in [2.45, 2.75) is 26.2 Å². The Morgan fingerprint density at radius 3 is 2.68 bits per heavy atom. The van der Waals surface area contributed by atoms with Crippen molar-refractivity contribution in [3.8, 4) is 0 Å². The molecule has 0 saturated heterocycles. The van der Waals surface area contributed by atoms with Gasteiger partial charge in [-0.25, -0.2) is 4.98 Å². The maximum atomic E-state index is 12.0. The van der Waals surface area contributed by atoms with Gasteiger partial charge >= 0.3 is 0 Å². The molecule has 0 fully saturated rings. The fourth-order valence-corrected chi connectivity index (χ4v) is 2.36. The van der Waals surface area contributed by atoms with Crippen LogP contribution in [0.5, 0.6) is 0 Å². The number of carbonyl (C=O) groups is 1. The number of pyridine rings is 1. The van der Waals surface area contributed by atoms with Gasteiger partial charge in [0.1, 0.15) is 0 Å². The van der Waals surface area contributed by atoms with E-state index >= 15 is 0 Å². The van der Waals surface area contributed by atoms with Crippen LogP contribution in [0.4, 0.5) is 10.8 Å². The van der Waals surface area contributed by atoms with E-state index in [1.54, 1.807) is 6.07 Å². The Morgan fingerprint density at radius 1 is 1.37 bits per heavy atom. The SMILES string of the molecule is CC(C)(C)c1csc(NC(=O)c2cncc(N)c2)n1. The molecule has 2 rings (SSSR count). The molecule has 1 amide bonds. The van der Waals surface area contributed by atoms with Crippen LogP contribution in [0.25, 0.3) is 0 Å². The monoisotopic (exact) mass is 276 g/mol. The van der Waals surface area contributed by atoms with Crippen LogP contribution >= 0.6 is 11.3 Å². The number of nitrogens with two attached hydrogens (primary N) is 1. The highest BCUT2D eigenvalue weighted by molar-refractivity contribution is 7.14. The first kappa shape index (κ1) is 13.5. The Hall–Kier alpha value is -1.95. The van der Waals surface area contributed by atoms with Crippen molar-refractivity contribution >= 4 is 28.1 Å². The molecule has 3 N–H and O–H groups in total. The third-order valence-corrected chi connectivity index (χ3v) is 3.27. The van der Waals surface area contributed by atoms with Gasteiger partial charge in [-0.15, -0.1) is 11.3 Å². The van der Waals surface area contributed by atoms with E-state index in [0.717, 1.165) is 5.69 Å². The van der Waals surface area contributed by atoms with Gasteiger partial charge in [0.05, 0.1) is 16.9 Å². The Bertz CT molecular complexity index is 601. The normalized spacial score (nSPS) is 11.3. The third kappa shape index (κ3) is 3.29. The predicted molar refractivity (Wildman–Crippen MR) is 77.4 cm³/mol. The van der Waals surface area contributed by atoms with Crippen molar-refractivity contribution < 1.29 is 4.79 Å². The zero-order chi connectivity index (χ0) is 14.0. The minimum atomic E-state index is -0.255. The van der Waals surface area contributed by atoms with Gasteiger partial charge in [-0.2, -0.15) is 0 Å². The maximum Gasteiger partial charge on any atom is 0.259 e. The lowest BCUT2D eigenvalue weighted by molar-refractivity contribution is 0.102. The van der Waals surface area contributed by atoms with Crippen molar-refractivity contribution in [1.29, 1.82) is 0 Å². The number of thiazole rings is 1. The van der Waals surface area contributed by atoms with Crippen LogP contribution in [-0.2, 0) is 5.41 Å². The van der Waals surface area contributed by atoms with Crippen molar-refractivity contribution in [3.05, 3.63) is 35.1 Å². The van der Waals surface area contributed by atoms with E-state index in [4.69, 9.17) is 5.73 Å². The van der Waals surface area contributed by atoms with E-state index in [-0.39, 0.29) is 11.3 Å². The van der Waals surface area contributed by atoms with Gasteiger partial charge in [-0.3, -0.25) is 15.1 Å². The van der Waals surface area contributed by atoms with E-state index in [1.165, 1.54) is 23.7 Å². The minimum Gasteiger partial charge on any atom is -0.397 e. The molecule has 0 unspecified atom stereocenters. The Morgan fingerprint density at radius 2 is 2.11 bits per heavy atom. The topological polar surface area (TPSA) is 80.9 Å². The standard InChI is InChI=1S/C13H16N4OS/c1-13(2,3)10-7-19-12(16-10)17-11(18)8-4-9(14)6-15-5-8/h4-7H,14H2,1-3H3,(H,16,17,18). The van der Waals surface area contributed by atoms with Crippen LogP contribution in [0.2, 0.25) is 0 Å². The van der Waals surface area contributed by atoms with Crippen LogP contribution in [0.1, 0.15) is 36.8 Å². The molecule has 5 nitrogen and oxygen atoms in total. The summed E-state index contributed by atoms with van der Waals surface area (Å²) in [5.74, 6) is -0.255. The molecule has 0 aliphatic rings. The Balaban J connectivity index is 2.13. The van der Waals surface area contributed by atoms with Gasteiger partial charge in [0.15, 0.2) is 5.13 Å². The molecule has 0 radical (unpaired) electrons. The summed E-state index contributed by atoms with van der Waals surface area (Å²) in [4.78, 5) is 20.3. The van der Waals surface area contributed by atoms with Crippen LogP contribution in [0.3, 0.4) is 0 Å². The van der Waals surface area contributed by atoms with E-state index < -0.39 is 0 Å². The summed E-state index contributed by atoms with van der Waals surface area (Å²) >= 11 is 1.41. The first-order valence-electron chi connectivity index (χ1n) is 5.84. The van der Waals surface area contributed by atoms with Crippen LogP contribution in [-0.4, -0.2) is 15.9 Å². The molecule has 2 heterocycles. The van der Waals surface area contributed by atoms with Gasteiger partial charge in [0, 0.05) is 23.2 Å². The summed E-state index contributed by atoms with van der Waals surface area (Å²) in [6.07, 6.45) is 2.97. The van der Waals surface area contributed by atoms with E-state index in [9.17, 15) is 4.79 Å². The summed E-state index contributed by atoms with van der Waals surface area (Å²) in [6, 6.07) is 1.58. The first-order valence-corrected chi connectivity index (χ1v) is 6.72. The molecule has 0 atom stereocenters. The average molecular weight is 276 g/mol. The second-order valence-corrected chi connectivity index (χ2v) is 6.11. The highest BCUT2D eigenvalue weighted by Crippen LogP contribution is 2.26. The molecule has 6 heteroatoms. The van der Waals surface area contributed by atoms with Gasteiger partial charge < -0.3 is 5.73 Å². The van der Waals surface area contributed by atoms with E-state index in [1.807, 2.05) is 5.38 Å². The lowest BCUT2D eigenvalue weighted by Crippen LogP contribution is -2.14. The van der Waals surface area contributed by atoms with E-state index in [2.05, 4.69) is 36.1 Å². The second-order valence-electron chi connectivity index (χ2n) is 5.25. The van der Waals surface area contributed by atoms with Gasteiger partial charge in [0.25, 0.3) is 5.91 Å². The third-order valence-electron chi connectivity index (χ3n) is 2.51. The zero-order valence-electron chi connectivity index (χ0n) is 11.1. The highest BCUT2D eigenvalue weighted by Gasteiger charge is 2.18. The lowest BCUT2D eigenvalue weighted by atomic mass is 9.93. The molecule has 0 saturated carbocycles. The number of rotatable bonds is 2. The van der Waals surface area contributed by atoms with Crippen molar-refractivity contribution in [1.82, 2.24) is 9.97 Å². The number of nitrogens with one attached hydrogen (secondary N) is 1. The molecule has 2 aromatic rings. The average Bonchev–Trinajstić information content (AvgIpc) is 2.77. The number of carbonyl (C=O) groups excluding carboxylic acids is 1. The van der Waals surface area contributed by atoms with Crippen molar-refractivity contribution in [3.63, 3.8) is 0 Å². The largest absolute Gasteiger partial charge is 0.397 e. The number of nitrogens with zero attached hydrogens (tertiary/aromatic N) is 2. The Kier molecular flexibility index (Phi) is 3.53. The predicted octanol–water partition coefficient (Wildman–Crippen LogP) is 2.67. The molecule has 2 aromatic heterocycles. The molecular formula is C13H16N4OS. The number of hydrogen-bond acceptors (Lipinski definition) is 5. The van der Waals surface area contributed by atoms with E-state index in [0.29, 0.717) is 16.4 Å². The minimum absolute atomic E-state index is 0.0296. The maximum absolute atomic E-state index is 12.0. The zero-order valence-corrected chi connectivity index (χ0v) is 11.9. The number of hydrogen-bond donors (Lipinski definition) is 2. The first-order chi connectivity index (χ1) is 8.86. The van der Waals surface area contributed by atoms with Gasteiger partial charge in [0.2, 0.25) is 0 Å². The molecule has 0 aromatic carbocycles. The smallest absolute Gasteiger partial charge is 0.259 e. The molecule has 19 heavy (non-hydrogen) atoms. The molecular weight excluding hydrogens is 260 g/mol. The van der Waals surface area contributed by atoms with Gasteiger partial charge in [-0.05, 0) is 6.07 Å². The highest BCUT2D eigenvalue weighted by atomic mass is 32.1. The number of amides is 1. The molecule has 100 valence electrons. The van der Waals surface area contributed by atoms with Crippen LogP contribution in [0, 0.1) is 0 Å². The van der Waals surface area contributed by atoms with Crippen LogP contribution < -0.4 is 11.1 Å². The molecule has 0 aliphatic carbocycles. The van der Waals surface area contributed by atoms with Crippen molar-refractivity contribution in [2.24, 2.45) is 0 Å². The molecule has 0 aliphatic heterocycles. The van der Waals surface area contributed by atoms with Crippen molar-refractivity contribution in [2.75, 3.05) is 11.1 Å². The number of anilines is 2. The summed E-state index contributed by atoms with van der Waals surface area (Å²) in [6.45, 7) is 6.24. The fraction of sp³-hybridized carbons (Fsp3) is 0.308. The van der Waals surface area contributed by atoms with Crippen LogP contribution in [0.15, 0.2) is 23.8 Å². The molecule has 0 spiro atoms. The van der Waals surface area contributed by atoms with Gasteiger partial charge in [-0.1, -0.05) is 20.8 Å². The Labute approximate surface area is 115 Å². The summed E-state index contributed by atoms with van der Waals surface area (Å²) in [5, 5.41) is 5.28. The number of aromatic nitrogens is 2. The summed E-state index contributed by atoms with van der Waals surface area (Å²) in [5.41, 5.74) is 7.41.